The van der Waals surface area contributed by atoms with Gasteiger partial charge >= 0.3 is 0 Å². The molecule has 0 saturated carbocycles. The number of hydrogen-bond acceptors (Lipinski definition) is 4. The lowest BCUT2D eigenvalue weighted by molar-refractivity contribution is 0.891. The van der Waals surface area contributed by atoms with Gasteiger partial charge in [-0.25, -0.2) is 0 Å². The van der Waals surface area contributed by atoms with Gasteiger partial charge in [0, 0.05) is 25.3 Å². The number of aromatic nitrogens is 3. The number of nitrogens with zero attached hydrogens (tertiary/aromatic N) is 4. The molecule has 3 aromatic rings. The summed E-state index contributed by atoms with van der Waals surface area (Å²) >= 11 is 4.49. The predicted octanol–water partition coefficient (Wildman–Crippen LogP) is 3.85. The van der Waals surface area contributed by atoms with Crippen molar-refractivity contribution >= 4 is 18.3 Å². The second-order valence-corrected chi connectivity index (χ2v) is 6.03. The minimum atomic E-state index is 0.581. The van der Waals surface area contributed by atoms with Crippen molar-refractivity contribution in [1.82, 2.24) is 14.8 Å². The lowest BCUT2D eigenvalue weighted by Crippen LogP contribution is -2.09. The molecule has 0 radical (unpaired) electrons. The summed E-state index contributed by atoms with van der Waals surface area (Å²) in [5.41, 5.74) is 4.45. The van der Waals surface area contributed by atoms with Crippen LogP contribution in [0.1, 0.15) is 12.5 Å². The maximum atomic E-state index is 4.49. The van der Waals surface area contributed by atoms with Gasteiger partial charge in [-0.05, 0) is 36.2 Å². The maximum Gasteiger partial charge on any atom is 0.193 e. The molecule has 2 aromatic carbocycles. The third kappa shape index (κ3) is 3.10. The van der Waals surface area contributed by atoms with E-state index in [0.717, 1.165) is 29.2 Å². The first-order valence-corrected chi connectivity index (χ1v) is 8.06. The molecule has 0 fully saturated rings. The molecule has 118 valence electrons. The topological polar surface area (TPSA) is 34.0 Å². The zero-order valence-electron chi connectivity index (χ0n) is 13.6. The third-order valence-corrected chi connectivity index (χ3v) is 4.13. The van der Waals surface area contributed by atoms with Crippen molar-refractivity contribution in [2.75, 3.05) is 19.0 Å². The smallest absolute Gasteiger partial charge is 0.193 e. The van der Waals surface area contributed by atoms with E-state index in [1.807, 2.05) is 30.8 Å². The van der Waals surface area contributed by atoms with Crippen molar-refractivity contribution in [3.63, 3.8) is 0 Å². The minimum Gasteiger partial charge on any atom is -0.378 e. The first kappa shape index (κ1) is 15.6. The van der Waals surface area contributed by atoms with Gasteiger partial charge in [0.25, 0.3) is 0 Å². The second kappa shape index (κ2) is 6.46. The van der Waals surface area contributed by atoms with Gasteiger partial charge in [-0.3, -0.25) is 4.57 Å². The largest absolute Gasteiger partial charge is 0.378 e. The monoisotopic (exact) mass is 324 g/mol. The van der Waals surface area contributed by atoms with Gasteiger partial charge in [-0.15, -0.1) is 22.8 Å². The molecule has 3 rings (SSSR count). The highest BCUT2D eigenvalue weighted by Gasteiger charge is 2.14. The molecule has 23 heavy (non-hydrogen) atoms. The molecule has 0 spiro atoms. The van der Waals surface area contributed by atoms with E-state index in [4.69, 9.17) is 0 Å². The molecule has 0 aliphatic rings. The molecule has 0 saturated heterocycles. The molecule has 5 heteroatoms. The molecular formula is C18H20N4S. The normalized spacial score (nSPS) is 10.8. The summed E-state index contributed by atoms with van der Waals surface area (Å²) in [4.78, 5) is 2.07. The van der Waals surface area contributed by atoms with Crippen molar-refractivity contribution in [3.05, 3.63) is 54.1 Å². The highest BCUT2D eigenvalue weighted by molar-refractivity contribution is 7.80. The minimum absolute atomic E-state index is 0.581. The first-order valence-electron chi connectivity index (χ1n) is 7.61. The summed E-state index contributed by atoms with van der Waals surface area (Å²) in [6.45, 7) is 2.15. The SMILES string of the molecule is CCc1cccc(-c2nnc(S)n2-c2cccc(N(C)C)c2)c1. The molecule has 1 aromatic heterocycles. The average Bonchev–Trinajstić information content (AvgIpc) is 2.96. The summed E-state index contributed by atoms with van der Waals surface area (Å²) in [5.74, 6) is 0.807. The fourth-order valence-corrected chi connectivity index (χ4v) is 2.80. The quantitative estimate of drug-likeness (QED) is 0.740. The van der Waals surface area contributed by atoms with E-state index in [0.29, 0.717) is 5.16 Å². The van der Waals surface area contributed by atoms with Crippen molar-refractivity contribution < 1.29 is 0 Å². The van der Waals surface area contributed by atoms with Crippen LogP contribution >= 0.6 is 12.6 Å². The molecular weight excluding hydrogens is 304 g/mol. The van der Waals surface area contributed by atoms with Gasteiger partial charge in [-0.2, -0.15) is 0 Å². The summed E-state index contributed by atoms with van der Waals surface area (Å²) in [6.07, 6.45) is 0.992. The standard InChI is InChI=1S/C18H20N4S/c1-4-13-7-5-8-14(11-13)17-19-20-18(23)22(17)16-10-6-9-15(12-16)21(2)3/h5-12H,4H2,1-3H3,(H,20,23). The third-order valence-electron chi connectivity index (χ3n) is 3.84. The molecule has 0 N–H and O–H groups in total. The molecule has 0 atom stereocenters. The zero-order chi connectivity index (χ0) is 16.4. The second-order valence-electron chi connectivity index (χ2n) is 5.63. The van der Waals surface area contributed by atoms with E-state index >= 15 is 0 Å². The zero-order valence-corrected chi connectivity index (χ0v) is 14.5. The van der Waals surface area contributed by atoms with E-state index < -0.39 is 0 Å². The van der Waals surface area contributed by atoms with Crippen LogP contribution in [0.25, 0.3) is 17.1 Å². The van der Waals surface area contributed by atoms with E-state index in [2.05, 4.69) is 71.0 Å². The molecule has 0 aliphatic carbocycles. The van der Waals surface area contributed by atoms with Crippen LogP contribution in [0, 0.1) is 0 Å². The fourth-order valence-electron chi connectivity index (χ4n) is 2.54. The van der Waals surface area contributed by atoms with Gasteiger partial charge in [0.15, 0.2) is 11.0 Å². The molecule has 1 heterocycles. The van der Waals surface area contributed by atoms with Crippen LogP contribution in [0.2, 0.25) is 0 Å². The Labute approximate surface area is 142 Å². The Balaban J connectivity index is 2.14. The van der Waals surface area contributed by atoms with Crippen molar-refractivity contribution in [3.8, 4) is 17.1 Å². The number of hydrogen-bond donors (Lipinski definition) is 1. The van der Waals surface area contributed by atoms with Crippen molar-refractivity contribution in [2.24, 2.45) is 0 Å². The number of thiol groups is 1. The highest BCUT2D eigenvalue weighted by Crippen LogP contribution is 2.27. The van der Waals surface area contributed by atoms with Crippen molar-refractivity contribution in [2.45, 2.75) is 18.5 Å². The Morgan fingerprint density at radius 1 is 1.04 bits per heavy atom. The summed E-state index contributed by atoms with van der Waals surface area (Å²) < 4.78 is 1.98. The van der Waals surface area contributed by atoms with E-state index in [9.17, 15) is 0 Å². The number of benzene rings is 2. The van der Waals surface area contributed by atoms with Crippen LogP contribution < -0.4 is 4.90 Å². The maximum absolute atomic E-state index is 4.49. The van der Waals surface area contributed by atoms with Crippen LogP contribution in [0.15, 0.2) is 53.7 Å². The Kier molecular flexibility index (Phi) is 4.39. The summed E-state index contributed by atoms with van der Waals surface area (Å²) in [6, 6.07) is 16.7. The van der Waals surface area contributed by atoms with Crippen molar-refractivity contribution in [1.29, 1.82) is 0 Å². The number of anilines is 1. The Morgan fingerprint density at radius 3 is 2.57 bits per heavy atom. The van der Waals surface area contributed by atoms with E-state index in [1.54, 1.807) is 0 Å². The Hall–Kier alpha value is -2.27. The highest BCUT2D eigenvalue weighted by atomic mass is 32.1. The Bertz CT molecular complexity index is 823. The Morgan fingerprint density at radius 2 is 1.83 bits per heavy atom. The van der Waals surface area contributed by atoms with Gasteiger partial charge in [-0.1, -0.05) is 31.2 Å². The van der Waals surface area contributed by atoms with Gasteiger partial charge < -0.3 is 4.90 Å². The summed E-state index contributed by atoms with van der Waals surface area (Å²) in [5, 5.41) is 9.08. The molecule has 0 bridgehead atoms. The number of rotatable bonds is 4. The predicted molar refractivity (Wildman–Crippen MR) is 97.8 cm³/mol. The molecule has 0 unspecified atom stereocenters. The van der Waals surface area contributed by atoms with Crippen LogP contribution in [0.5, 0.6) is 0 Å². The summed E-state index contributed by atoms with van der Waals surface area (Å²) in [7, 11) is 4.05. The first-order chi connectivity index (χ1) is 11.1. The van der Waals surface area contributed by atoms with Crippen LogP contribution in [-0.2, 0) is 6.42 Å². The van der Waals surface area contributed by atoms with E-state index in [1.165, 1.54) is 5.56 Å². The van der Waals surface area contributed by atoms with Gasteiger partial charge in [0.05, 0.1) is 5.69 Å². The molecule has 0 amide bonds. The van der Waals surface area contributed by atoms with Crippen LogP contribution in [-0.4, -0.2) is 28.9 Å². The van der Waals surface area contributed by atoms with Gasteiger partial charge in [0.2, 0.25) is 0 Å². The van der Waals surface area contributed by atoms with Crippen LogP contribution in [0.3, 0.4) is 0 Å². The van der Waals surface area contributed by atoms with E-state index in [-0.39, 0.29) is 0 Å². The lowest BCUT2D eigenvalue weighted by atomic mass is 10.1. The van der Waals surface area contributed by atoms with Gasteiger partial charge in [0.1, 0.15) is 0 Å². The number of aryl methyl sites for hydroxylation is 1. The lowest BCUT2D eigenvalue weighted by Gasteiger charge is -2.15. The fraction of sp³-hybridized carbons (Fsp3) is 0.222. The molecule has 4 nitrogen and oxygen atoms in total. The average molecular weight is 324 g/mol. The molecule has 0 aliphatic heterocycles. The van der Waals surface area contributed by atoms with Crippen LogP contribution in [0.4, 0.5) is 5.69 Å².